The van der Waals surface area contributed by atoms with Crippen molar-refractivity contribution in [3.63, 3.8) is 0 Å². The molecule has 0 aliphatic heterocycles. The molecular weight excluding hydrogens is 283 g/mol. The summed E-state index contributed by atoms with van der Waals surface area (Å²) in [6.07, 6.45) is 0. The van der Waals surface area contributed by atoms with E-state index in [0.717, 1.165) is 0 Å². The van der Waals surface area contributed by atoms with Crippen LogP contribution in [-0.4, -0.2) is 0 Å². The number of hydrogen-bond acceptors (Lipinski definition) is 8. The van der Waals surface area contributed by atoms with Gasteiger partial charge >= 0.3 is 18.6 Å². The molecule has 0 aromatic carbocycles. The number of rotatable bonds is 0. The zero-order valence-electron chi connectivity index (χ0n) is 5.87. The summed E-state index contributed by atoms with van der Waals surface area (Å²) >= 11 is 14.8. The molecule has 0 amide bonds. The Labute approximate surface area is 111 Å². The molecular formula is C4N4S4V. The van der Waals surface area contributed by atoms with Crippen LogP contribution in [0.1, 0.15) is 0 Å². The first-order valence-electron chi connectivity index (χ1n) is 1.71. The molecule has 0 heterocycles. The van der Waals surface area contributed by atoms with Crippen LogP contribution < -0.4 is 0 Å². The summed E-state index contributed by atoms with van der Waals surface area (Å²) in [6.45, 7) is 0. The van der Waals surface area contributed by atoms with Crippen molar-refractivity contribution in [3.05, 3.63) is 0 Å². The van der Waals surface area contributed by atoms with Gasteiger partial charge in [-0.1, -0.05) is 21.6 Å². The largest absolute Gasteiger partial charge is 4.00 e. The van der Waals surface area contributed by atoms with Crippen molar-refractivity contribution in [1.82, 2.24) is 0 Å². The third-order valence-corrected chi connectivity index (χ3v) is 0. The summed E-state index contributed by atoms with van der Waals surface area (Å²) in [5, 5.41) is 33.9. The van der Waals surface area contributed by atoms with Gasteiger partial charge in [0.15, 0.2) is 0 Å². The summed E-state index contributed by atoms with van der Waals surface area (Å²) in [5.74, 6) is 0. The van der Waals surface area contributed by atoms with Crippen molar-refractivity contribution >= 4 is 50.5 Å². The summed E-state index contributed by atoms with van der Waals surface area (Å²) in [7, 11) is 0. The van der Waals surface area contributed by atoms with E-state index in [2.05, 4.69) is 50.5 Å². The van der Waals surface area contributed by atoms with E-state index in [9.17, 15) is 0 Å². The van der Waals surface area contributed by atoms with E-state index < -0.39 is 0 Å². The smallest absolute Gasteiger partial charge is 0.696 e. The van der Waals surface area contributed by atoms with Crippen LogP contribution in [0.4, 0.5) is 0 Å². The minimum atomic E-state index is 0. The fourth-order valence-electron chi connectivity index (χ4n) is 0. The Morgan fingerprint density at radius 3 is 0.538 bits per heavy atom. The molecule has 0 unspecified atom stereocenters. The van der Waals surface area contributed by atoms with Crippen molar-refractivity contribution < 1.29 is 18.6 Å². The molecule has 0 fully saturated rings. The average Bonchev–Trinajstić information content (AvgIpc) is 1.92. The van der Waals surface area contributed by atoms with Crippen molar-refractivity contribution in [2.75, 3.05) is 0 Å². The Kier molecular flexibility index (Phi) is 240. The van der Waals surface area contributed by atoms with E-state index in [1.807, 2.05) is 0 Å². The third kappa shape index (κ3) is 3060. The third-order valence-electron chi connectivity index (χ3n) is 0. The zero-order chi connectivity index (χ0) is 10.8. The number of hydrogen-bond donors (Lipinski definition) is 0. The normalized spacial score (nSPS) is 2.15. The van der Waals surface area contributed by atoms with Crippen LogP contribution in [0.15, 0.2) is 0 Å². The summed E-state index contributed by atoms with van der Waals surface area (Å²) < 4.78 is 0. The SMILES string of the molecule is N#C[S-].N#C[S-].N#C[S-].N#C[S-].[V+4]. The molecule has 0 atom stereocenters. The second-order valence-electron chi connectivity index (χ2n) is 0.365. The molecule has 0 aliphatic carbocycles. The van der Waals surface area contributed by atoms with E-state index in [4.69, 9.17) is 21.0 Å². The van der Waals surface area contributed by atoms with Gasteiger partial charge < -0.3 is 50.5 Å². The zero-order valence-corrected chi connectivity index (χ0v) is 10.5. The quantitative estimate of drug-likeness (QED) is 0.455. The van der Waals surface area contributed by atoms with E-state index in [0.29, 0.717) is 0 Å². The summed E-state index contributed by atoms with van der Waals surface area (Å²) in [6, 6.07) is 0. The van der Waals surface area contributed by atoms with E-state index in [1.54, 1.807) is 0 Å². The van der Waals surface area contributed by atoms with Gasteiger partial charge in [-0.2, -0.15) is 0 Å². The minimum Gasteiger partial charge on any atom is -0.696 e. The van der Waals surface area contributed by atoms with Crippen LogP contribution in [0, 0.1) is 42.7 Å². The number of nitrogens with zero attached hydrogens (tertiary/aromatic N) is 4. The molecule has 65 valence electrons. The van der Waals surface area contributed by atoms with Gasteiger partial charge in [-0.15, -0.1) is 0 Å². The average molecular weight is 283 g/mol. The summed E-state index contributed by atoms with van der Waals surface area (Å²) in [4.78, 5) is 0. The molecule has 0 saturated carbocycles. The van der Waals surface area contributed by atoms with Crippen molar-refractivity contribution in [2.24, 2.45) is 0 Å². The maximum absolute atomic E-state index is 7.13. The van der Waals surface area contributed by atoms with Crippen molar-refractivity contribution in [3.8, 4) is 21.6 Å². The van der Waals surface area contributed by atoms with Crippen LogP contribution >= 0.6 is 0 Å². The Morgan fingerprint density at radius 1 is 0.538 bits per heavy atom. The van der Waals surface area contributed by atoms with Gasteiger partial charge in [0, 0.05) is 0 Å². The molecule has 0 N–H and O–H groups in total. The first kappa shape index (κ1) is 29.4. The molecule has 13 heavy (non-hydrogen) atoms. The number of nitriles is 4. The van der Waals surface area contributed by atoms with Gasteiger partial charge in [-0.25, -0.2) is 21.0 Å². The van der Waals surface area contributed by atoms with Crippen molar-refractivity contribution in [1.29, 1.82) is 21.0 Å². The fraction of sp³-hybridized carbons (Fsp3) is 0. The standard InChI is InChI=1S/4CHNS.V/c4*2-1-3;/h4*3H;/q;;;;+4/p-4. The Hall–Kier alpha value is -0.576. The number of thiocyanates is 4. The predicted octanol–water partition coefficient (Wildman–Crippen LogP) is 0.0550. The van der Waals surface area contributed by atoms with Crippen molar-refractivity contribution in [2.45, 2.75) is 0 Å². The molecule has 4 nitrogen and oxygen atoms in total. The second-order valence-corrected chi connectivity index (χ2v) is 1.10. The molecule has 0 rings (SSSR count). The fourth-order valence-corrected chi connectivity index (χ4v) is 0. The molecule has 9 heteroatoms. The van der Waals surface area contributed by atoms with Gasteiger partial charge in [0.05, 0.1) is 0 Å². The Bertz CT molecular complexity index is 158. The minimum absolute atomic E-state index is 0. The first-order valence-corrected chi connectivity index (χ1v) is 3.34. The molecule has 1 radical (unpaired) electrons. The monoisotopic (exact) mass is 283 g/mol. The molecule has 0 aromatic rings. The van der Waals surface area contributed by atoms with Gasteiger partial charge in [0.1, 0.15) is 0 Å². The van der Waals surface area contributed by atoms with E-state index >= 15 is 0 Å². The van der Waals surface area contributed by atoms with Crippen LogP contribution in [0.5, 0.6) is 0 Å². The first-order chi connectivity index (χ1) is 5.66. The van der Waals surface area contributed by atoms with Gasteiger partial charge in [0.2, 0.25) is 0 Å². The molecule has 0 spiro atoms. The van der Waals surface area contributed by atoms with Crippen LogP contribution in [0.3, 0.4) is 0 Å². The topological polar surface area (TPSA) is 95.2 Å². The predicted molar refractivity (Wildman–Crippen MR) is 51.9 cm³/mol. The maximum atomic E-state index is 7.13. The Balaban J connectivity index is -0.0000000213. The molecule has 0 saturated heterocycles. The maximum Gasteiger partial charge on any atom is 4.00 e. The van der Waals surface area contributed by atoms with Crippen LogP contribution in [-0.2, 0) is 69.1 Å². The second kappa shape index (κ2) is 106. The molecule has 0 aromatic heterocycles. The van der Waals surface area contributed by atoms with Gasteiger partial charge in [0.25, 0.3) is 0 Å². The van der Waals surface area contributed by atoms with E-state index in [1.165, 1.54) is 21.6 Å². The molecule has 0 aliphatic rings. The van der Waals surface area contributed by atoms with E-state index in [-0.39, 0.29) is 18.6 Å². The van der Waals surface area contributed by atoms with Gasteiger partial charge in [-0.05, 0) is 0 Å². The molecule has 0 bridgehead atoms. The van der Waals surface area contributed by atoms with Gasteiger partial charge in [-0.3, -0.25) is 0 Å². The Morgan fingerprint density at radius 2 is 0.538 bits per heavy atom. The van der Waals surface area contributed by atoms with Crippen LogP contribution in [0.2, 0.25) is 0 Å². The summed E-state index contributed by atoms with van der Waals surface area (Å²) in [5.41, 5.74) is 0. The van der Waals surface area contributed by atoms with Crippen LogP contribution in [0.25, 0.3) is 0 Å².